The molecule has 3 aromatic carbocycles. The van der Waals surface area contributed by atoms with Crippen LogP contribution in [-0.4, -0.2) is 58.9 Å². The van der Waals surface area contributed by atoms with Gasteiger partial charge in [0.1, 0.15) is 5.69 Å². The number of carbonyl (C=O) groups is 2. The third kappa shape index (κ3) is 4.87. The number of aromatic nitrogens is 1. The zero-order chi connectivity index (χ0) is 27.6. The van der Waals surface area contributed by atoms with Gasteiger partial charge in [0, 0.05) is 49.7 Å². The van der Waals surface area contributed by atoms with Crippen LogP contribution in [0.15, 0.2) is 97.6 Å². The van der Waals surface area contributed by atoms with Crippen molar-refractivity contribution in [3.05, 3.63) is 126 Å². The van der Waals surface area contributed by atoms with E-state index >= 15 is 0 Å². The van der Waals surface area contributed by atoms with Crippen LogP contribution in [0, 0.1) is 6.92 Å². The highest BCUT2D eigenvalue weighted by molar-refractivity contribution is 6.07. The van der Waals surface area contributed by atoms with Gasteiger partial charge in [-0.25, -0.2) is 0 Å². The van der Waals surface area contributed by atoms with Gasteiger partial charge in [0.05, 0.1) is 13.1 Å². The summed E-state index contributed by atoms with van der Waals surface area (Å²) < 4.78 is 2.09. The number of anilines is 1. The monoisotopic (exact) mass is 530 g/mol. The highest BCUT2D eigenvalue weighted by Crippen LogP contribution is 2.32. The number of hydrogen-bond donors (Lipinski definition) is 0. The Bertz CT molecular complexity index is 1560. The summed E-state index contributed by atoms with van der Waals surface area (Å²) >= 11 is 0. The number of amides is 2. The number of aryl methyl sites for hydroxylation is 1. The van der Waals surface area contributed by atoms with Crippen molar-refractivity contribution < 1.29 is 9.59 Å². The van der Waals surface area contributed by atoms with Crippen molar-refractivity contribution in [2.75, 3.05) is 37.6 Å². The van der Waals surface area contributed by atoms with Crippen LogP contribution in [0.3, 0.4) is 0 Å². The molecule has 0 spiro atoms. The lowest BCUT2D eigenvalue weighted by Crippen LogP contribution is -2.49. The average molecular weight is 531 g/mol. The van der Waals surface area contributed by atoms with Crippen molar-refractivity contribution in [1.82, 2.24) is 14.4 Å². The fourth-order valence-corrected chi connectivity index (χ4v) is 5.90. The van der Waals surface area contributed by atoms with Crippen LogP contribution in [0.4, 0.5) is 5.69 Å². The molecule has 40 heavy (non-hydrogen) atoms. The molecule has 0 N–H and O–H groups in total. The normalized spacial score (nSPS) is 15.2. The SMILES string of the molecule is C=CCN1CCN(C(=O)c2ccc3n2Cc2ccccc2N(C(=O)c2ccc(-c4ccccc4)c(C)c2)C3)CC1. The molecule has 6 heteroatoms. The van der Waals surface area contributed by atoms with E-state index in [2.05, 4.69) is 41.2 Å². The first-order valence-electron chi connectivity index (χ1n) is 13.9. The molecule has 1 saturated heterocycles. The average Bonchev–Trinajstić information content (AvgIpc) is 3.30. The molecule has 0 bridgehead atoms. The number of fused-ring (bicyclic) bond motifs is 2. The van der Waals surface area contributed by atoms with E-state index in [0.29, 0.717) is 37.4 Å². The van der Waals surface area contributed by atoms with E-state index < -0.39 is 0 Å². The summed E-state index contributed by atoms with van der Waals surface area (Å²) in [4.78, 5) is 33.8. The lowest BCUT2D eigenvalue weighted by Gasteiger charge is -2.34. The zero-order valence-electron chi connectivity index (χ0n) is 22.9. The highest BCUT2D eigenvalue weighted by atomic mass is 16.2. The van der Waals surface area contributed by atoms with Gasteiger partial charge < -0.3 is 14.4 Å². The van der Waals surface area contributed by atoms with E-state index in [1.165, 1.54) is 0 Å². The largest absolute Gasteiger partial charge is 0.335 e. The van der Waals surface area contributed by atoms with E-state index in [1.807, 2.05) is 82.6 Å². The van der Waals surface area contributed by atoms with Crippen LogP contribution >= 0.6 is 0 Å². The summed E-state index contributed by atoms with van der Waals surface area (Å²) in [5, 5.41) is 0. The van der Waals surface area contributed by atoms with Gasteiger partial charge in [-0.1, -0.05) is 60.7 Å². The van der Waals surface area contributed by atoms with E-state index in [1.54, 1.807) is 0 Å². The zero-order valence-corrected chi connectivity index (χ0v) is 22.9. The van der Waals surface area contributed by atoms with Gasteiger partial charge in [0.15, 0.2) is 0 Å². The van der Waals surface area contributed by atoms with Crippen LogP contribution in [0.2, 0.25) is 0 Å². The van der Waals surface area contributed by atoms with E-state index in [-0.39, 0.29) is 11.8 Å². The minimum absolute atomic E-state index is 0.0453. The number of hydrogen-bond acceptors (Lipinski definition) is 3. The Morgan fingerprint density at radius 1 is 0.825 bits per heavy atom. The minimum atomic E-state index is -0.0453. The van der Waals surface area contributed by atoms with Gasteiger partial charge >= 0.3 is 0 Å². The molecule has 0 unspecified atom stereocenters. The Labute approximate surface area is 235 Å². The second-order valence-corrected chi connectivity index (χ2v) is 10.6. The molecular formula is C34H34N4O2. The van der Waals surface area contributed by atoms with Crippen LogP contribution in [0.5, 0.6) is 0 Å². The first kappa shape index (κ1) is 25.8. The predicted octanol–water partition coefficient (Wildman–Crippen LogP) is 5.62. The molecule has 4 aromatic rings. The standard InChI is InChI=1S/C34H34N4O2/c1-3-17-35-18-20-36(21-19-35)34(40)32-16-14-29-24-38(31-12-8-7-11-28(31)23-37(29)32)33(39)27-13-15-30(25(2)22-27)26-9-5-4-6-10-26/h3-16,22H,1,17-21,23-24H2,2H3. The van der Waals surface area contributed by atoms with Crippen LogP contribution < -0.4 is 4.90 Å². The number of para-hydroxylation sites is 1. The summed E-state index contributed by atoms with van der Waals surface area (Å²) in [5.74, 6) is 0.00455. The molecule has 6 rings (SSSR count). The van der Waals surface area contributed by atoms with Gasteiger partial charge in [-0.2, -0.15) is 0 Å². The van der Waals surface area contributed by atoms with Gasteiger partial charge in [0.25, 0.3) is 11.8 Å². The Morgan fingerprint density at radius 3 is 2.33 bits per heavy atom. The third-order valence-corrected chi connectivity index (χ3v) is 8.07. The lowest BCUT2D eigenvalue weighted by atomic mass is 9.98. The van der Waals surface area contributed by atoms with E-state index in [4.69, 9.17) is 0 Å². The topological polar surface area (TPSA) is 48.8 Å². The number of carbonyl (C=O) groups excluding carboxylic acids is 2. The quantitative estimate of drug-likeness (QED) is 0.315. The molecule has 3 heterocycles. The van der Waals surface area contributed by atoms with E-state index in [9.17, 15) is 9.59 Å². The summed E-state index contributed by atoms with van der Waals surface area (Å²) in [7, 11) is 0. The fourth-order valence-electron chi connectivity index (χ4n) is 5.90. The molecule has 1 fully saturated rings. The Hall–Kier alpha value is -4.42. The second kappa shape index (κ2) is 11.0. The maximum absolute atomic E-state index is 14.0. The van der Waals surface area contributed by atoms with Gasteiger partial charge in [-0.15, -0.1) is 6.58 Å². The van der Waals surface area contributed by atoms with Crippen LogP contribution in [-0.2, 0) is 13.1 Å². The van der Waals surface area contributed by atoms with Crippen molar-refractivity contribution in [3.8, 4) is 11.1 Å². The molecule has 2 aliphatic rings. The molecular weight excluding hydrogens is 496 g/mol. The van der Waals surface area contributed by atoms with Crippen molar-refractivity contribution in [2.45, 2.75) is 20.0 Å². The van der Waals surface area contributed by atoms with Gasteiger partial charge in [-0.3, -0.25) is 14.5 Å². The second-order valence-electron chi connectivity index (χ2n) is 10.6. The van der Waals surface area contributed by atoms with Crippen molar-refractivity contribution in [3.63, 3.8) is 0 Å². The Balaban J connectivity index is 1.29. The van der Waals surface area contributed by atoms with Gasteiger partial charge in [0.2, 0.25) is 0 Å². The molecule has 2 aliphatic heterocycles. The molecule has 202 valence electrons. The van der Waals surface area contributed by atoms with Crippen LogP contribution in [0.1, 0.15) is 37.7 Å². The predicted molar refractivity (Wildman–Crippen MR) is 160 cm³/mol. The summed E-state index contributed by atoms with van der Waals surface area (Å²) in [5.41, 5.74) is 7.51. The van der Waals surface area contributed by atoms with Gasteiger partial charge in [-0.05, 0) is 59.5 Å². The number of rotatable bonds is 5. The molecule has 6 nitrogen and oxygen atoms in total. The molecule has 0 saturated carbocycles. The number of nitrogens with zero attached hydrogens (tertiary/aromatic N) is 4. The maximum Gasteiger partial charge on any atom is 0.270 e. The van der Waals surface area contributed by atoms with Crippen molar-refractivity contribution in [1.29, 1.82) is 0 Å². The summed E-state index contributed by atoms with van der Waals surface area (Å²) in [6, 6.07) is 28.1. The minimum Gasteiger partial charge on any atom is -0.335 e. The molecule has 0 aliphatic carbocycles. The molecule has 0 atom stereocenters. The molecule has 1 aromatic heterocycles. The maximum atomic E-state index is 14.0. The van der Waals surface area contributed by atoms with Crippen LogP contribution in [0.25, 0.3) is 11.1 Å². The molecule has 2 amide bonds. The smallest absolute Gasteiger partial charge is 0.270 e. The van der Waals surface area contributed by atoms with E-state index in [0.717, 1.165) is 53.3 Å². The molecule has 0 radical (unpaired) electrons. The first-order valence-corrected chi connectivity index (χ1v) is 13.9. The lowest BCUT2D eigenvalue weighted by molar-refractivity contribution is 0.0639. The van der Waals surface area contributed by atoms with Crippen molar-refractivity contribution >= 4 is 17.5 Å². The fraction of sp³-hybridized carbons (Fsp3) is 0.235. The summed E-state index contributed by atoms with van der Waals surface area (Å²) in [6.45, 7) is 10.8. The first-order chi connectivity index (χ1) is 19.5. The number of piperazine rings is 1. The Kier molecular flexibility index (Phi) is 7.10. The van der Waals surface area contributed by atoms with Crippen molar-refractivity contribution in [2.24, 2.45) is 0 Å². The summed E-state index contributed by atoms with van der Waals surface area (Å²) in [6.07, 6.45) is 1.91. The third-order valence-electron chi connectivity index (χ3n) is 8.07. The highest BCUT2D eigenvalue weighted by Gasteiger charge is 2.30. The Morgan fingerprint density at radius 2 is 1.57 bits per heavy atom. The number of benzene rings is 3.